The third kappa shape index (κ3) is 4.51. The highest BCUT2D eigenvalue weighted by atomic mass is 32.2. The second-order valence-electron chi connectivity index (χ2n) is 7.22. The van der Waals surface area contributed by atoms with E-state index >= 15 is 0 Å². The molecule has 9 heteroatoms. The molecule has 8 nitrogen and oxygen atoms in total. The van der Waals surface area contributed by atoms with Crippen LogP contribution in [0.4, 0.5) is 5.69 Å². The van der Waals surface area contributed by atoms with Gasteiger partial charge in [0.15, 0.2) is 0 Å². The van der Waals surface area contributed by atoms with Crippen molar-refractivity contribution in [1.82, 2.24) is 14.0 Å². The van der Waals surface area contributed by atoms with Crippen molar-refractivity contribution < 1.29 is 9.90 Å². The number of aromatic nitrogens is 2. The lowest BCUT2D eigenvalue weighted by Crippen LogP contribution is -2.40. The molecule has 1 amide bonds. The van der Waals surface area contributed by atoms with Crippen LogP contribution >= 0.6 is 11.8 Å². The number of carbonyl (C=O) groups excluding carboxylic acids is 1. The van der Waals surface area contributed by atoms with Gasteiger partial charge in [0.1, 0.15) is 10.6 Å². The zero-order valence-corrected chi connectivity index (χ0v) is 18.2. The Morgan fingerprint density at radius 3 is 2.33 bits per heavy atom. The molecule has 0 saturated carbocycles. The number of aliphatic imine (C=N–C) groups is 1. The summed E-state index contributed by atoms with van der Waals surface area (Å²) < 4.78 is 1.92. The molecule has 0 aliphatic carbocycles. The van der Waals surface area contributed by atoms with Gasteiger partial charge in [-0.25, -0.2) is 9.79 Å². The monoisotopic (exact) mass is 430 g/mol. The molecule has 1 aromatic carbocycles. The molecule has 2 heterocycles. The van der Waals surface area contributed by atoms with Gasteiger partial charge in [-0.15, -0.1) is 0 Å². The number of hydrogen-bond donors (Lipinski definition) is 1. The average Bonchev–Trinajstić information content (AvgIpc) is 3.30. The average molecular weight is 431 g/mol. The molecule has 1 aliphatic rings. The standard InChI is InChI=1S/C21H26N4O4S/c1-4-14-7-9-15(10-8-14)22-18(30-13-16(26)25-11-5-6-12-25)17-19(27)23(2)21(29)24(3)20(17)28/h7-10,27H,4-6,11-13H2,1-3H3. The number of benzene rings is 1. The first-order valence-corrected chi connectivity index (χ1v) is 10.9. The van der Waals surface area contributed by atoms with Gasteiger partial charge in [0, 0.05) is 27.2 Å². The predicted octanol–water partition coefficient (Wildman–Crippen LogP) is 1.79. The van der Waals surface area contributed by atoms with Crippen LogP contribution in [0.25, 0.3) is 0 Å². The van der Waals surface area contributed by atoms with Gasteiger partial charge >= 0.3 is 5.69 Å². The molecule has 0 bridgehead atoms. The number of amides is 1. The van der Waals surface area contributed by atoms with Crippen LogP contribution in [0, 0.1) is 0 Å². The summed E-state index contributed by atoms with van der Waals surface area (Å²) in [6.45, 7) is 3.52. The van der Waals surface area contributed by atoms with Crippen molar-refractivity contribution in [1.29, 1.82) is 0 Å². The van der Waals surface area contributed by atoms with Crippen LogP contribution in [0.3, 0.4) is 0 Å². The number of nitrogens with zero attached hydrogens (tertiary/aromatic N) is 4. The van der Waals surface area contributed by atoms with Gasteiger partial charge < -0.3 is 10.0 Å². The van der Waals surface area contributed by atoms with Gasteiger partial charge in [-0.2, -0.15) is 0 Å². The minimum atomic E-state index is -0.652. The van der Waals surface area contributed by atoms with E-state index in [1.54, 1.807) is 4.90 Å². The van der Waals surface area contributed by atoms with Crippen molar-refractivity contribution in [3.05, 3.63) is 56.2 Å². The van der Waals surface area contributed by atoms with E-state index in [0.717, 1.165) is 58.8 Å². The molecular formula is C21H26N4O4S. The summed E-state index contributed by atoms with van der Waals surface area (Å²) in [6, 6.07) is 7.53. The number of rotatable bonds is 5. The van der Waals surface area contributed by atoms with Crippen molar-refractivity contribution in [3.63, 3.8) is 0 Å². The van der Waals surface area contributed by atoms with Gasteiger partial charge in [0.2, 0.25) is 11.8 Å². The number of aromatic hydroxyl groups is 1. The molecule has 1 aromatic heterocycles. The van der Waals surface area contributed by atoms with Crippen LogP contribution in [0.2, 0.25) is 0 Å². The fourth-order valence-electron chi connectivity index (χ4n) is 3.29. The first-order chi connectivity index (χ1) is 14.3. The van der Waals surface area contributed by atoms with Gasteiger partial charge in [-0.1, -0.05) is 30.8 Å². The maximum atomic E-state index is 12.8. The smallest absolute Gasteiger partial charge is 0.333 e. The molecule has 160 valence electrons. The van der Waals surface area contributed by atoms with Gasteiger partial charge in [0.05, 0.1) is 11.4 Å². The molecule has 0 unspecified atom stereocenters. The van der Waals surface area contributed by atoms with Crippen molar-refractivity contribution >= 4 is 28.4 Å². The van der Waals surface area contributed by atoms with E-state index in [-0.39, 0.29) is 22.3 Å². The normalized spacial score (nSPS) is 14.4. The van der Waals surface area contributed by atoms with Gasteiger partial charge in [0.25, 0.3) is 5.56 Å². The zero-order chi connectivity index (χ0) is 21.8. The lowest BCUT2D eigenvalue weighted by Gasteiger charge is -2.16. The number of likely N-dealkylation sites (tertiary alicyclic amines) is 1. The Hall–Kier alpha value is -2.81. The van der Waals surface area contributed by atoms with Gasteiger partial charge in [-0.3, -0.25) is 18.7 Å². The summed E-state index contributed by atoms with van der Waals surface area (Å²) in [5, 5.41) is 10.8. The highest BCUT2D eigenvalue weighted by molar-refractivity contribution is 8.15. The number of carbonyl (C=O) groups is 1. The summed E-state index contributed by atoms with van der Waals surface area (Å²) in [5.74, 6) is -0.405. The molecule has 0 atom stereocenters. The Morgan fingerprint density at radius 1 is 1.10 bits per heavy atom. The summed E-state index contributed by atoms with van der Waals surface area (Å²) in [7, 11) is 2.73. The van der Waals surface area contributed by atoms with Crippen LogP contribution in [0.15, 0.2) is 38.8 Å². The summed E-state index contributed by atoms with van der Waals surface area (Å²) in [6.07, 6.45) is 2.87. The SMILES string of the molecule is CCc1ccc(N=C(SCC(=O)N2CCCC2)c2c(O)n(C)c(=O)n(C)c2=O)cc1. The maximum absolute atomic E-state index is 12.8. The Balaban J connectivity index is 2.03. The van der Waals surface area contributed by atoms with E-state index < -0.39 is 17.1 Å². The third-order valence-corrected chi connectivity index (χ3v) is 6.17. The lowest BCUT2D eigenvalue weighted by atomic mass is 10.1. The molecule has 1 N–H and O–H groups in total. The van der Waals surface area contributed by atoms with Crippen LogP contribution < -0.4 is 11.2 Å². The van der Waals surface area contributed by atoms with Crippen LogP contribution in [0.5, 0.6) is 5.88 Å². The highest BCUT2D eigenvalue weighted by Gasteiger charge is 2.24. The zero-order valence-electron chi connectivity index (χ0n) is 17.4. The number of thioether (sulfide) groups is 1. The summed E-state index contributed by atoms with van der Waals surface area (Å²) >= 11 is 1.10. The summed E-state index contributed by atoms with van der Waals surface area (Å²) in [5.41, 5.74) is 0.372. The largest absolute Gasteiger partial charge is 0.494 e. The first kappa shape index (κ1) is 21.9. The van der Waals surface area contributed by atoms with Crippen LogP contribution in [-0.2, 0) is 25.3 Å². The quantitative estimate of drug-likeness (QED) is 0.576. The minimum Gasteiger partial charge on any atom is -0.494 e. The van der Waals surface area contributed by atoms with E-state index in [0.29, 0.717) is 5.69 Å². The van der Waals surface area contributed by atoms with E-state index in [1.807, 2.05) is 24.3 Å². The Kier molecular flexibility index (Phi) is 6.81. The molecule has 30 heavy (non-hydrogen) atoms. The van der Waals surface area contributed by atoms with E-state index in [9.17, 15) is 19.5 Å². The highest BCUT2D eigenvalue weighted by Crippen LogP contribution is 2.24. The van der Waals surface area contributed by atoms with Crippen molar-refractivity contribution in [3.8, 4) is 5.88 Å². The fraction of sp³-hybridized carbons (Fsp3) is 0.429. The molecule has 1 aliphatic heterocycles. The fourth-order valence-corrected chi connectivity index (χ4v) is 4.23. The number of hydrogen-bond acceptors (Lipinski definition) is 6. The Labute approximate surface area is 178 Å². The summed E-state index contributed by atoms with van der Waals surface area (Å²) in [4.78, 5) is 43.8. The molecular weight excluding hydrogens is 404 g/mol. The molecule has 2 aromatic rings. The topological polar surface area (TPSA) is 96.9 Å². The van der Waals surface area contributed by atoms with Crippen molar-refractivity contribution in [2.24, 2.45) is 19.1 Å². The third-order valence-electron chi connectivity index (χ3n) is 5.21. The molecule has 1 fully saturated rings. The second kappa shape index (κ2) is 9.34. The molecule has 1 saturated heterocycles. The lowest BCUT2D eigenvalue weighted by molar-refractivity contribution is -0.127. The second-order valence-corrected chi connectivity index (χ2v) is 8.18. The van der Waals surface area contributed by atoms with Crippen molar-refractivity contribution in [2.45, 2.75) is 26.2 Å². The number of aryl methyl sites for hydroxylation is 1. The van der Waals surface area contributed by atoms with E-state index in [1.165, 1.54) is 14.1 Å². The Bertz CT molecular complexity index is 1080. The van der Waals surface area contributed by atoms with E-state index in [2.05, 4.69) is 11.9 Å². The molecule has 3 rings (SSSR count). The first-order valence-electron chi connectivity index (χ1n) is 9.91. The van der Waals surface area contributed by atoms with E-state index in [4.69, 9.17) is 0 Å². The minimum absolute atomic E-state index is 0.0346. The van der Waals surface area contributed by atoms with Gasteiger partial charge in [-0.05, 0) is 37.0 Å². The molecule has 0 spiro atoms. The molecule has 0 radical (unpaired) electrons. The predicted molar refractivity (Wildman–Crippen MR) is 119 cm³/mol. The van der Waals surface area contributed by atoms with Crippen LogP contribution in [0.1, 0.15) is 30.9 Å². The maximum Gasteiger partial charge on any atom is 0.333 e. The van der Waals surface area contributed by atoms with Crippen molar-refractivity contribution in [2.75, 3.05) is 18.8 Å². The Morgan fingerprint density at radius 2 is 1.73 bits per heavy atom. The van der Waals surface area contributed by atoms with Crippen LogP contribution in [-0.4, -0.2) is 48.9 Å².